The van der Waals surface area contributed by atoms with Gasteiger partial charge in [-0.3, -0.25) is 9.59 Å². The summed E-state index contributed by atoms with van der Waals surface area (Å²) in [4.78, 5) is 25.4. The molecule has 0 aliphatic carbocycles. The molecule has 1 saturated heterocycles. The Bertz CT molecular complexity index is 542. The van der Waals surface area contributed by atoms with Crippen LogP contribution in [0.25, 0.3) is 0 Å². The molecule has 1 heterocycles. The quantitative estimate of drug-likeness (QED) is 0.781. The summed E-state index contributed by atoms with van der Waals surface area (Å²) >= 11 is 5.84. The van der Waals surface area contributed by atoms with Gasteiger partial charge in [0, 0.05) is 44.6 Å². The minimum Gasteiger partial charge on any atom is -0.376 e. The molecule has 1 N–H and O–H groups in total. The van der Waals surface area contributed by atoms with E-state index in [0.29, 0.717) is 31.1 Å². The Labute approximate surface area is 148 Å². The molecule has 0 radical (unpaired) electrons. The number of ether oxygens (including phenoxy) is 1. The number of nitrogens with one attached hydrogen (secondary N) is 1. The van der Waals surface area contributed by atoms with E-state index in [0.717, 1.165) is 31.4 Å². The molecule has 132 valence electrons. The molecule has 2 rings (SSSR count). The van der Waals surface area contributed by atoms with Crippen LogP contribution in [-0.2, 0) is 20.7 Å². The van der Waals surface area contributed by atoms with Crippen LogP contribution >= 0.6 is 11.6 Å². The summed E-state index contributed by atoms with van der Waals surface area (Å²) in [6.45, 7) is 3.89. The predicted molar refractivity (Wildman–Crippen MR) is 94.0 cm³/mol. The molecule has 0 bridgehead atoms. The maximum atomic E-state index is 12.0. The van der Waals surface area contributed by atoms with Gasteiger partial charge in [-0.15, -0.1) is 0 Å². The molecule has 1 fully saturated rings. The zero-order valence-corrected chi connectivity index (χ0v) is 14.8. The summed E-state index contributed by atoms with van der Waals surface area (Å²) in [5.74, 6) is -0.0537. The highest BCUT2D eigenvalue weighted by Gasteiger charge is 2.21. The first-order valence-electron chi connectivity index (χ1n) is 8.43. The van der Waals surface area contributed by atoms with E-state index in [9.17, 15) is 9.59 Å². The molecular weight excluding hydrogens is 328 g/mol. The topological polar surface area (TPSA) is 58.6 Å². The van der Waals surface area contributed by atoms with Gasteiger partial charge in [-0.05, 0) is 37.0 Å². The van der Waals surface area contributed by atoms with Crippen molar-refractivity contribution in [3.8, 4) is 0 Å². The fourth-order valence-electron chi connectivity index (χ4n) is 2.73. The molecule has 1 unspecified atom stereocenters. The lowest BCUT2D eigenvalue weighted by Crippen LogP contribution is -2.38. The Morgan fingerprint density at radius 2 is 2.08 bits per heavy atom. The van der Waals surface area contributed by atoms with Gasteiger partial charge in [-0.25, -0.2) is 0 Å². The van der Waals surface area contributed by atoms with Gasteiger partial charge in [0.15, 0.2) is 0 Å². The van der Waals surface area contributed by atoms with Crippen LogP contribution in [0.2, 0.25) is 5.02 Å². The first kappa shape index (κ1) is 18.7. The Hall–Kier alpha value is -1.59. The van der Waals surface area contributed by atoms with Crippen molar-refractivity contribution in [2.24, 2.45) is 0 Å². The lowest BCUT2D eigenvalue weighted by atomic mass is 10.1. The molecule has 24 heavy (non-hydrogen) atoms. The van der Waals surface area contributed by atoms with Gasteiger partial charge in [0.25, 0.3) is 0 Å². The van der Waals surface area contributed by atoms with Crippen LogP contribution < -0.4 is 5.32 Å². The van der Waals surface area contributed by atoms with E-state index in [1.165, 1.54) is 6.92 Å². The van der Waals surface area contributed by atoms with E-state index in [4.69, 9.17) is 16.3 Å². The molecule has 0 aromatic heterocycles. The first-order valence-corrected chi connectivity index (χ1v) is 8.80. The number of rotatable bonds is 8. The summed E-state index contributed by atoms with van der Waals surface area (Å²) in [7, 11) is 0. The number of amides is 2. The van der Waals surface area contributed by atoms with Gasteiger partial charge in [-0.2, -0.15) is 0 Å². The predicted octanol–water partition coefficient (Wildman–Crippen LogP) is 2.42. The Kier molecular flexibility index (Phi) is 7.53. The Balaban J connectivity index is 1.66. The van der Waals surface area contributed by atoms with E-state index in [1.807, 2.05) is 24.3 Å². The van der Waals surface area contributed by atoms with Crippen LogP contribution in [0.3, 0.4) is 0 Å². The molecule has 5 nitrogen and oxygen atoms in total. The molecule has 1 aromatic carbocycles. The summed E-state index contributed by atoms with van der Waals surface area (Å²) in [6, 6.07) is 7.59. The number of hydrogen-bond acceptors (Lipinski definition) is 3. The van der Waals surface area contributed by atoms with Crippen LogP contribution in [0, 0.1) is 0 Å². The second-order valence-corrected chi connectivity index (χ2v) is 6.51. The number of carbonyl (C=O) groups is 2. The summed E-state index contributed by atoms with van der Waals surface area (Å²) in [5, 5.41) is 3.60. The maximum Gasteiger partial charge on any atom is 0.221 e. The molecule has 0 spiro atoms. The molecule has 1 aromatic rings. The van der Waals surface area contributed by atoms with E-state index in [-0.39, 0.29) is 17.9 Å². The van der Waals surface area contributed by atoms with Gasteiger partial charge in [0.2, 0.25) is 11.8 Å². The zero-order chi connectivity index (χ0) is 17.4. The third kappa shape index (κ3) is 6.49. The normalized spacial score (nSPS) is 16.8. The van der Waals surface area contributed by atoms with Gasteiger partial charge in [-0.1, -0.05) is 23.7 Å². The average molecular weight is 353 g/mol. The molecule has 2 amide bonds. The van der Waals surface area contributed by atoms with Crippen molar-refractivity contribution in [2.45, 2.75) is 38.7 Å². The van der Waals surface area contributed by atoms with Crippen LogP contribution in [0.15, 0.2) is 24.3 Å². The van der Waals surface area contributed by atoms with Gasteiger partial charge in [0.1, 0.15) is 0 Å². The second kappa shape index (κ2) is 9.64. The van der Waals surface area contributed by atoms with E-state index in [2.05, 4.69) is 5.32 Å². The molecule has 1 aliphatic heterocycles. The number of hydrogen-bond donors (Lipinski definition) is 1. The monoisotopic (exact) mass is 352 g/mol. The van der Waals surface area contributed by atoms with Crippen LogP contribution in [-0.4, -0.2) is 49.1 Å². The zero-order valence-electron chi connectivity index (χ0n) is 14.1. The Morgan fingerprint density at radius 3 is 2.71 bits per heavy atom. The van der Waals surface area contributed by atoms with Crippen molar-refractivity contribution in [3.63, 3.8) is 0 Å². The van der Waals surface area contributed by atoms with Crippen molar-refractivity contribution < 1.29 is 14.3 Å². The van der Waals surface area contributed by atoms with Crippen LogP contribution in [0.1, 0.15) is 31.7 Å². The second-order valence-electron chi connectivity index (χ2n) is 6.08. The number of benzene rings is 1. The lowest BCUT2D eigenvalue weighted by molar-refractivity contribution is -0.131. The van der Waals surface area contributed by atoms with Crippen LogP contribution in [0.4, 0.5) is 0 Å². The van der Waals surface area contributed by atoms with Crippen molar-refractivity contribution in [1.29, 1.82) is 0 Å². The largest absolute Gasteiger partial charge is 0.376 e. The van der Waals surface area contributed by atoms with Gasteiger partial charge >= 0.3 is 0 Å². The molecular formula is C18H25ClN2O3. The standard InChI is InChI=1S/C18H25ClN2O3/c1-14(22)21(13-17-3-2-12-24-17)11-9-18(23)20-10-8-15-4-6-16(19)7-5-15/h4-7,17H,2-3,8-13H2,1H3,(H,20,23). The summed E-state index contributed by atoms with van der Waals surface area (Å²) < 4.78 is 5.56. The highest BCUT2D eigenvalue weighted by molar-refractivity contribution is 6.30. The van der Waals surface area contributed by atoms with Crippen molar-refractivity contribution in [1.82, 2.24) is 10.2 Å². The highest BCUT2D eigenvalue weighted by Crippen LogP contribution is 2.13. The fraction of sp³-hybridized carbons (Fsp3) is 0.556. The van der Waals surface area contributed by atoms with Crippen molar-refractivity contribution in [2.75, 3.05) is 26.2 Å². The summed E-state index contributed by atoms with van der Waals surface area (Å²) in [5.41, 5.74) is 1.13. The maximum absolute atomic E-state index is 12.0. The third-order valence-corrected chi connectivity index (χ3v) is 4.40. The van der Waals surface area contributed by atoms with Gasteiger partial charge < -0.3 is 15.0 Å². The average Bonchev–Trinajstić information content (AvgIpc) is 3.06. The highest BCUT2D eigenvalue weighted by atomic mass is 35.5. The SMILES string of the molecule is CC(=O)N(CCC(=O)NCCc1ccc(Cl)cc1)CC1CCCO1. The van der Waals surface area contributed by atoms with Crippen molar-refractivity contribution >= 4 is 23.4 Å². The summed E-state index contributed by atoms with van der Waals surface area (Å²) in [6.07, 6.45) is 3.21. The molecule has 6 heteroatoms. The van der Waals surface area contributed by atoms with Crippen LogP contribution in [0.5, 0.6) is 0 Å². The minimum atomic E-state index is -0.0393. The number of halogens is 1. The van der Waals surface area contributed by atoms with Crippen molar-refractivity contribution in [3.05, 3.63) is 34.9 Å². The smallest absolute Gasteiger partial charge is 0.221 e. The fourth-order valence-corrected chi connectivity index (χ4v) is 2.86. The first-order chi connectivity index (χ1) is 11.5. The molecule has 1 atom stereocenters. The molecule has 1 aliphatic rings. The third-order valence-electron chi connectivity index (χ3n) is 4.15. The number of nitrogens with zero attached hydrogens (tertiary/aromatic N) is 1. The number of carbonyl (C=O) groups excluding carboxylic acids is 2. The Morgan fingerprint density at radius 1 is 1.33 bits per heavy atom. The lowest BCUT2D eigenvalue weighted by Gasteiger charge is -2.23. The minimum absolute atomic E-state index is 0.0144. The molecule has 0 saturated carbocycles. The van der Waals surface area contributed by atoms with Gasteiger partial charge in [0.05, 0.1) is 6.10 Å². The van der Waals surface area contributed by atoms with E-state index in [1.54, 1.807) is 4.90 Å². The van der Waals surface area contributed by atoms with E-state index < -0.39 is 0 Å². The van der Waals surface area contributed by atoms with E-state index >= 15 is 0 Å².